The molecule has 26 heavy (non-hydrogen) atoms. The van der Waals surface area contributed by atoms with E-state index in [9.17, 15) is 14.7 Å². The second-order valence-corrected chi connectivity index (χ2v) is 6.59. The van der Waals surface area contributed by atoms with Gasteiger partial charge in [-0.05, 0) is 30.9 Å². The number of nitrogens with zero attached hydrogens (tertiary/aromatic N) is 1. The highest BCUT2D eigenvalue weighted by molar-refractivity contribution is 5.93. The molecule has 1 N–H and O–H groups in total. The summed E-state index contributed by atoms with van der Waals surface area (Å²) in [6.07, 6.45) is -0.0458. The highest BCUT2D eigenvalue weighted by Crippen LogP contribution is 2.29. The first-order valence-electron chi connectivity index (χ1n) is 8.84. The molecule has 5 nitrogen and oxygen atoms in total. The highest BCUT2D eigenvalue weighted by atomic mass is 16.6. The maximum Gasteiger partial charge on any atom is 0.417 e. The number of aliphatic hydroxyl groups excluding tert-OH is 1. The van der Waals surface area contributed by atoms with Crippen LogP contribution in [0, 0.1) is 6.92 Å². The quantitative estimate of drug-likeness (QED) is 0.855. The van der Waals surface area contributed by atoms with Crippen LogP contribution in [0.2, 0.25) is 0 Å². The van der Waals surface area contributed by atoms with Crippen LogP contribution < -0.4 is 0 Å². The van der Waals surface area contributed by atoms with Gasteiger partial charge in [-0.1, -0.05) is 60.2 Å². The fourth-order valence-corrected chi connectivity index (χ4v) is 3.14. The Morgan fingerprint density at radius 1 is 1.19 bits per heavy atom. The Bertz CT molecular complexity index is 757. The largest absolute Gasteiger partial charge is 0.446 e. The Kier molecular flexibility index (Phi) is 5.68. The van der Waals surface area contributed by atoms with Crippen molar-refractivity contribution in [2.75, 3.05) is 6.61 Å². The molecule has 1 fully saturated rings. The number of carbonyl (C=O) groups is 2. The van der Waals surface area contributed by atoms with E-state index in [0.717, 1.165) is 16.7 Å². The highest BCUT2D eigenvalue weighted by Gasteiger charge is 2.38. The first-order valence-corrected chi connectivity index (χ1v) is 8.84. The van der Waals surface area contributed by atoms with E-state index in [1.165, 1.54) is 4.90 Å². The van der Waals surface area contributed by atoms with Gasteiger partial charge in [0, 0.05) is 6.42 Å². The maximum atomic E-state index is 12.5. The van der Waals surface area contributed by atoms with Gasteiger partial charge in [0.2, 0.25) is 5.91 Å². The molecule has 2 amide bonds. The van der Waals surface area contributed by atoms with Crippen molar-refractivity contribution >= 4 is 12.0 Å². The summed E-state index contributed by atoms with van der Waals surface area (Å²) >= 11 is 0. The lowest BCUT2D eigenvalue weighted by Gasteiger charge is -2.20. The van der Waals surface area contributed by atoms with Gasteiger partial charge in [0.15, 0.2) is 0 Å². The molecule has 0 saturated carbocycles. The third kappa shape index (κ3) is 4.11. The van der Waals surface area contributed by atoms with E-state index in [1.54, 1.807) is 0 Å². The van der Waals surface area contributed by atoms with Crippen molar-refractivity contribution in [1.29, 1.82) is 0 Å². The molecular formula is C21H23NO4. The third-order valence-corrected chi connectivity index (χ3v) is 4.66. The van der Waals surface area contributed by atoms with Gasteiger partial charge in [-0.25, -0.2) is 9.69 Å². The molecule has 1 aliphatic heterocycles. The summed E-state index contributed by atoms with van der Waals surface area (Å²) in [6, 6.07) is 16.7. The van der Waals surface area contributed by atoms with E-state index in [1.807, 2.05) is 61.5 Å². The maximum absolute atomic E-state index is 12.5. The summed E-state index contributed by atoms with van der Waals surface area (Å²) in [5.74, 6) is -0.266. The van der Waals surface area contributed by atoms with Gasteiger partial charge in [0.05, 0.1) is 6.10 Å². The standard InChI is InChI=1S/C21H23NO4/c1-15-10-12-17(13-11-15)19(23)8-5-9-20(24)22-18(14-26-21(22)25)16-6-3-2-4-7-16/h2-4,6-7,10-13,18-19,23H,5,8-9,14H2,1H3/t18-,19+/m1/s1. The minimum absolute atomic E-state index is 0.181. The lowest BCUT2D eigenvalue weighted by molar-refractivity contribution is -0.129. The van der Waals surface area contributed by atoms with E-state index in [2.05, 4.69) is 0 Å². The Hall–Kier alpha value is -2.66. The molecule has 3 rings (SSSR count). The van der Waals surface area contributed by atoms with Crippen LogP contribution in [0.5, 0.6) is 0 Å². The average Bonchev–Trinajstić information content (AvgIpc) is 3.04. The van der Waals surface area contributed by atoms with Gasteiger partial charge in [-0.15, -0.1) is 0 Å². The summed E-state index contributed by atoms with van der Waals surface area (Å²) in [4.78, 5) is 25.7. The molecule has 2 atom stereocenters. The van der Waals surface area contributed by atoms with Gasteiger partial charge in [-0.3, -0.25) is 4.79 Å². The molecule has 1 aliphatic rings. The van der Waals surface area contributed by atoms with Gasteiger partial charge in [-0.2, -0.15) is 0 Å². The van der Waals surface area contributed by atoms with Crippen LogP contribution in [0.1, 0.15) is 48.1 Å². The predicted octanol–water partition coefficient (Wildman–Crippen LogP) is 3.92. The molecule has 136 valence electrons. The molecule has 0 bridgehead atoms. The minimum Gasteiger partial charge on any atom is -0.446 e. The summed E-state index contributed by atoms with van der Waals surface area (Å²) in [7, 11) is 0. The predicted molar refractivity (Wildman–Crippen MR) is 97.4 cm³/mol. The number of hydrogen-bond acceptors (Lipinski definition) is 4. The van der Waals surface area contributed by atoms with Crippen LogP contribution in [0.4, 0.5) is 4.79 Å². The number of ether oxygens (including phenoxy) is 1. The van der Waals surface area contributed by atoms with Crippen molar-refractivity contribution in [3.63, 3.8) is 0 Å². The third-order valence-electron chi connectivity index (χ3n) is 4.66. The van der Waals surface area contributed by atoms with Crippen LogP contribution in [-0.2, 0) is 9.53 Å². The minimum atomic E-state index is -0.612. The molecule has 0 spiro atoms. The van der Waals surface area contributed by atoms with Gasteiger partial charge in [0.25, 0.3) is 0 Å². The molecule has 5 heteroatoms. The molecule has 0 aromatic heterocycles. The Balaban J connectivity index is 1.56. The second-order valence-electron chi connectivity index (χ2n) is 6.59. The van der Waals surface area contributed by atoms with Crippen LogP contribution in [-0.4, -0.2) is 28.6 Å². The van der Waals surface area contributed by atoms with Crippen LogP contribution in [0.25, 0.3) is 0 Å². The number of aryl methyl sites for hydroxylation is 1. The molecular weight excluding hydrogens is 330 g/mol. The molecule has 1 saturated heterocycles. The average molecular weight is 353 g/mol. The monoisotopic (exact) mass is 353 g/mol. The van der Waals surface area contributed by atoms with E-state index >= 15 is 0 Å². The lowest BCUT2D eigenvalue weighted by Crippen LogP contribution is -2.34. The molecule has 0 unspecified atom stereocenters. The number of benzene rings is 2. The molecule has 2 aromatic rings. The summed E-state index contributed by atoms with van der Waals surface area (Å²) in [5, 5.41) is 10.3. The van der Waals surface area contributed by atoms with Gasteiger partial charge >= 0.3 is 6.09 Å². The summed E-state index contributed by atoms with van der Waals surface area (Å²) in [5.41, 5.74) is 2.85. The number of imide groups is 1. The fraction of sp³-hybridized carbons (Fsp3) is 0.333. The van der Waals surface area contributed by atoms with E-state index in [4.69, 9.17) is 4.74 Å². The number of hydrogen-bond donors (Lipinski definition) is 1. The van der Waals surface area contributed by atoms with Gasteiger partial charge < -0.3 is 9.84 Å². The Labute approximate surface area is 153 Å². The zero-order valence-corrected chi connectivity index (χ0v) is 14.8. The van der Waals surface area contributed by atoms with E-state index in [-0.39, 0.29) is 25.0 Å². The van der Waals surface area contributed by atoms with Crippen molar-refractivity contribution in [3.05, 3.63) is 71.3 Å². The van der Waals surface area contributed by atoms with Crippen LogP contribution in [0.15, 0.2) is 54.6 Å². The van der Waals surface area contributed by atoms with E-state index in [0.29, 0.717) is 12.8 Å². The molecule has 1 heterocycles. The van der Waals surface area contributed by atoms with Crippen molar-refractivity contribution in [1.82, 2.24) is 4.90 Å². The lowest BCUT2D eigenvalue weighted by atomic mass is 10.0. The zero-order chi connectivity index (χ0) is 18.5. The van der Waals surface area contributed by atoms with Gasteiger partial charge in [0.1, 0.15) is 12.6 Å². The SMILES string of the molecule is Cc1ccc([C@@H](O)CCCC(=O)N2C(=O)OC[C@@H]2c2ccccc2)cc1. The number of aliphatic hydroxyl groups is 1. The first-order chi connectivity index (χ1) is 12.6. The topological polar surface area (TPSA) is 66.8 Å². The van der Waals surface area contributed by atoms with Crippen LogP contribution in [0.3, 0.4) is 0 Å². The summed E-state index contributed by atoms with van der Waals surface area (Å²) in [6.45, 7) is 2.17. The Morgan fingerprint density at radius 3 is 2.58 bits per heavy atom. The summed E-state index contributed by atoms with van der Waals surface area (Å²) < 4.78 is 5.08. The number of cyclic esters (lactones) is 1. The van der Waals surface area contributed by atoms with Crippen molar-refractivity contribution in [2.45, 2.75) is 38.3 Å². The molecule has 0 aliphatic carbocycles. The van der Waals surface area contributed by atoms with Crippen molar-refractivity contribution in [3.8, 4) is 0 Å². The van der Waals surface area contributed by atoms with Crippen LogP contribution >= 0.6 is 0 Å². The first kappa shape index (κ1) is 18.1. The smallest absolute Gasteiger partial charge is 0.417 e. The second kappa shape index (κ2) is 8.15. The molecule has 0 radical (unpaired) electrons. The normalized spacial score (nSPS) is 17.8. The number of carbonyl (C=O) groups excluding carboxylic acids is 2. The van der Waals surface area contributed by atoms with E-state index < -0.39 is 12.2 Å². The zero-order valence-electron chi connectivity index (χ0n) is 14.8. The number of rotatable bonds is 6. The number of amides is 2. The Morgan fingerprint density at radius 2 is 1.88 bits per heavy atom. The van der Waals surface area contributed by atoms with Crippen molar-refractivity contribution in [2.24, 2.45) is 0 Å². The van der Waals surface area contributed by atoms with Crippen molar-refractivity contribution < 1.29 is 19.4 Å². The fourth-order valence-electron chi connectivity index (χ4n) is 3.14. The molecule has 2 aromatic carbocycles.